The van der Waals surface area contributed by atoms with Gasteiger partial charge in [-0.05, 0) is 49.6 Å². The van der Waals surface area contributed by atoms with Gasteiger partial charge in [-0.25, -0.2) is 4.39 Å². The van der Waals surface area contributed by atoms with Crippen LogP contribution in [0.4, 0.5) is 10.1 Å². The first-order valence-electron chi connectivity index (χ1n) is 13.9. The number of hydrogen-bond donors (Lipinski definition) is 2. The lowest BCUT2D eigenvalue weighted by molar-refractivity contribution is -0.137. The first-order valence-corrected chi connectivity index (χ1v) is 13.9. The van der Waals surface area contributed by atoms with E-state index in [1.54, 1.807) is 31.2 Å². The second kappa shape index (κ2) is 13.8. The highest BCUT2D eigenvalue weighted by Crippen LogP contribution is 2.50. The molecule has 2 amide bonds. The average Bonchev–Trinajstić information content (AvgIpc) is 2.94. The maximum Gasteiger partial charge on any atom is 0.235 e. The second-order valence-electron chi connectivity index (χ2n) is 11.3. The summed E-state index contributed by atoms with van der Waals surface area (Å²) in [6.45, 7) is 7.82. The predicted octanol–water partition coefficient (Wildman–Crippen LogP) is 1.03. The van der Waals surface area contributed by atoms with Gasteiger partial charge in [-0.3, -0.25) is 14.5 Å². The zero-order valence-corrected chi connectivity index (χ0v) is 25.1. The number of likely N-dealkylation sites (N-methyl/N-ethyl adjacent to an activating group) is 1. The Hall–Kier alpha value is -2.98. The molecule has 0 aromatic heterocycles. The van der Waals surface area contributed by atoms with Crippen molar-refractivity contribution in [2.75, 3.05) is 25.5 Å². The summed E-state index contributed by atoms with van der Waals surface area (Å²) < 4.78 is 21.0. The molecular formula is C29H34B5FN4O4. The molecule has 2 aromatic carbocycles. The van der Waals surface area contributed by atoms with Crippen molar-refractivity contribution >= 4 is 63.5 Å². The number of morpholine rings is 1. The number of rotatable bonds is 13. The zero-order chi connectivity index (χ0) is 32.2. The molecule has 10 radical (unpaired) electrons. The average molecular weight is 576 g/mol. The molecule has 3 unspecified atom stereocenters. The van der Waals surface area contributed by atoms with Crippen molar-refractivity contribution in [2.45, 2.75) is 68.5 Å². The number of halogens is 1. The molecule has 0 saturated carbocycles. The van der Waals surface area contributed by atoms with Crippen LogP contribution in [0, 0.1) is 12.7 Å². The molecule has 0 aliphatic carbocycles. The van der Waals surface area contributed by atoms with Gasteiger partial charge in [0.2, 0.25) is 12.3 Å². The first kappa shape index (κ1) is 34.5. The van der Waals surface area contributed by atoms with Gasteiger partial charge in [0, 0.05) is 51.0 Å². The number of aldehydes is 1. The van der Waals surface area contributed by atoms with Gasteiger partial charge in [0.15, 0.2) is 0 Å². The molecule has 1 heterocycles. The van der Waals surface area contributed by atoms with E-state index < -0.39 is 21.8 Å². The van der Waals surface area contributed by atoms with E-state index in [2.05, 4.69) is 15.5 Å². The number of nitrogens with one attached hydrogen (secondary N) is 2. The molecule has 43 heavy (non-hydrogen) atoms. The van der Waals surface area contributed by atoms with Crippen molar-refractivity contribution in [3.05, 3.63) is 64.5 Å². The van der Waals surface area contributed by atoms with Crippen LogP contribution < -0.4 is 10.6 Å². The SMILES string of the molecule is [B]C([B])(C=O)C([B])([B])C([B])(C(=O)NC)N(C=O)Cc1c(C)cccc1NCc1ccc(CN2CC(C)OC(C)C2)cc1F. The number of amides is 2. The van der Waals surface area contributed by atoms with Gasteiger partial charge >= 0.3 is 0 Å². The maximum atomic E-state index is 15.2. The Morgan fingerprint density at radius 2 is 1.77 bits per heavy atom. The number of nitrogens with zero attached hydrogens (tertiary/aromatic N) is 2. The minimum Gasteiger partial charge on any atom is -0.381 e. The summed E-state index contributed by atoms with van der Waals surface area (Å²) in [5.41, 5.74) is 0.492. The number of aryl methyl sites for hydroxylation is 1. The Morgan fingerprint density at radius 1 is 1.12 bits per heavy atom. The van der Waals surface area contributed by atoms with E-state index in [1.807, 2.05) is 19.9 Å². The van der Waals surface area contributed by atoms with E-state index in [-0.39, 0.29) is 43.8 Å². The normalized spacial score (nSPS) is 19.2. The zero-order valence-electron chi connectivity index (χ0n) is 25.1. The lowest BCUT2D eigenvalue weighted by Crippen LogP contribution is -2.68. The third kappa shape index (κ3) is 7.23. The fraction of sp³-hybridized carbons (Fsp3) is 0.483. The monoisotopic (exact) mass is 576 g/mol. The maximum absolute atomic E-state index is 15.2. The fourth-order valence-corrected chi connectivity index (χ4v) is 5.36. The van der Waals surface area contributed by atoms with Gasteiger partial charge in [0.1, 0.15) is 19.9 Å². The van der Waals surface area contributed by atoms with Crippen LogP contribution in [0.1, 0.15) is 36.1 Å². The van der Waals surface area contributed by atoms with E-state index in [9.17, 15) is 14.4 Å². The lowest BCUT2D eigenvalue weighted by atomic mass is 9.23. The third-order valence-corrected chi connectivity index (χ3v) is 7.92. The van der Waals surface area contributed by atoms with E-state index >= 15 is 4.39 Å². The van der Waals surface area contributed by atoms with E-state index in [4.69, 9.17) is 44.0 Å². The van der Waals surface area contributed by atoms with Crippen LogP contribution in [-0.4, -0.2) is 105 Å². The highest BCUT2D eigenvalue weighted by atomic mass is 19.1. The summed E-state index contributed by atoms with van der Waals surface area (Å²) in [4.78, 5) is 40.2. The number of hydrogen-bond acceptors (Lipinski definition) is 6. The Morgan fingerprint density at radius 3 is 2.33 bits per heavy atom. The van der Waals surface area contributed by atoms with Gasteiger partial charge in [0.05, 0.1) is 49.0 Å². The second-order valence-corrected chi connectivity index (χ2v) is 11.3. The number of carbonyl (C=O) groups excluding carboxylic acids is 3. The summed E-state index contributed by atoms with van der Waals surface area (Å²) in [5, 5.41) is 0.410. The largest absolute Gasteiger partial charge is 0.381 e. The molecule has 1 fully saturated rings. The van der Waals surface area contributed by atoms with Gasteiger partial charge in [0.25, 0.3) is 0 Å². The van der Waals surface area contributed by atoms with Crippen LogP contribution in [0.3, 0.4) is 0 Å². The molecule has 1 saturated heterocycles. The molecule has 3 atom stereocenters. The van der Waals surface area contributed by atoms with Crippen LogP contribution in [0.5, 0.6) is 0 Å². The number of ether oxygens (including phenoxy) is 1. The minimum atomic E-state index is -2.61. The Labute approximate surface area is 260 Å². The van der Waals surface area contributed by atoms with E-state index in [0.29, 0.717) is 28.9 Å². The molecule has 0 spiro atoms. The van der Waals surface area contributed by atoms with Crippen molar-refractivity contribution in [3.63, 3.8) is 0 Å². The van der Waals surface area contributed by atoms with Gasteiger partial charge < -0.3 is 25.1 Å². The van der Waals surface area contributed by atoms with Gasteiger partial charge in [-0.2, -0.15) is 0 Å². The van der Waals surface area contributed by atoms with E-state index in [0.717, 1.165) is 23.6 Å². The number of anilines is 1. The van der Waals surface area contributed by atoms with Crippen LogP contribution in [0.2, 0.25) is 10.4 Å². The molecule has 1 aliphatic rings. The van der Waals surface area contributed by atoms with Crippen LogP contribution in [-0.2, 0) is 38.8 Å². The summed E-state index contributed by atoms with van der Waals surface area (Å²) in [6.07, 6.45) is 0.555. The van der Waals surface area contributed by atoms with Crippen molar-refractivity contribution in [3.8, 4) is 0 Å². The Bertz CT molecular complexity index is 1320. The van der Waals surface area contributed by atoms with E-state index in [1.165, 1.54) is 13.1 Å². The number of benzene rings is 2. The highest BCUT2D eigenvalue weighted by molar-refractivity contribution is 6.63. The van der Waals surface area contributed by atoms with Gasteiger partial charge in [-0.1, -0.05) is 34.7 Å². The third-order valence-electron chi connectivity index (χ3n) is 7.92. The molecule has 1 aliphatic heterocycles. The number of carbonyl (C=O) groups is 3. The summed E-state index contributed by atoms with van der Waals surface area (Å²) >= 11 is 0. The van der Waals surface area contributed by atoms with Crippen molar-refractivity contribution in [1.82, 2.24) is 15.1 Å². The molecule has 8 nitrogen and oxygen atoms in total. The topological polar surface area (TPSA) is 91.0 Å². The fourth-order valence-electron chi connectivity index (χ4n) is 5.36. The molecule has 0 bridgehead atoms. The molecular weight excluding hydrogens is 541 g/mol. The minimum absolute atomic E-state index is 0.0586. The predicted molar refractivity (Wildman–Crippen MR) is 169 cm³/mol. The summed E-state index contributed by atoms with van der Waals surface area (Å²) in [7, 11) is 31.6. The molecule has 2 N–H and O–H groups in total. The Kier molecular flexibility index (Phi) is 11.0. The first-order chi connectivity index (χ1) is 20.1. The van der Waals surface area contributed by atoms with Crippen molar-refractivity contribution in [2.24, 2.45) is 0 Å². The standard InChI is InChI=1S/C29H34B5FN4O4/c1-18-6-5-7-25(23(18)15-39(17-41)28(32,26(42)36-4)29(33,34)27(30,31)16-40)37-11-22-9-8-21(10-24(22)35)14-38-12-19(2)43-20(3)13-38/h5-10,16-17,19-20,37H,11-15H2,1-4H3,(H,36,42). The highest BCUT2D eigenvalue weighted by Gasteiger charge is 2.55. The summed E-state index contributed by atoms with van der Waals surface area (Å²) in [5.74, 6) is -1.37. The lowest BCUT2D eigenvalue weighted by Gasteiger charge is -2.56. The van der Waals surface area contributed by atoms with Crippen molar-refractivity contribution < 1.29 is 23.5 Å². The van der Waals surface area contributed by atoms with Crippen molar-refractivity contribution in [1.29, 1.82) is 0 Å². The molecule has 3 rings (SSSR count). The van der Waals surface area contributed by atoms with Crippen LogP contribution in [0.25, 0.3) is 0 Å². The Balaban J connectivity index is 1.85. The van der Waals surface area contributed by atoms with Crippen LogP contribution >= 0.6 is 0 Å². The molecule has 2 aromatic rings. The molecule has 14 heteroatoms. The smallest absolute Gasteiger partial charge is 0.235 e. The molecule has 216 valence electrons. The van der Waals surface area contributed by atoms with Crippen LogP contribution in [0.15, 0.2) is 36.4 Å². The quantitative estimate of drug-likeness (QED) is 0.274. The summed E-state index contributed by atoms with van der Waals surface area (Å²) in [6, 6.07) is 10.4. The van der Waals surface area contributed by atoms with Gasteiger partial charge in [-0.15, -0.1) is 0 Å².